The summed E-state index contributed by atoms with van der Waals surface area (Å²) >= 11 is 0. The molecule has 6 nitrogen and oxygen atoms in total. The smallest absolute Gasteiger partial charge is 0.254 e. The predicted octanol–water partition coefficient (Wildman–Crippen LogP) is -1.02. The molecule has 17 heavy (non-hydrogen) atoms. The van der Waals surface area contributed by atoms with Gasteiger partial charge in [-0.25, -0.2) is 4.39 Å². The van der Waals surface area contributed by atoms with Gasteiger partial charge in [-0.3, -0.25) is 9.59 Å². The minimum Gasteiger partial charge on any atom is -0.399 e. The molecule has 0 saturated heterocycles. The summed E-state index contributed by atoms with van der Waals surface area (Å²) in [6, 6.07) is 3.57. The first kappa shape index (κ1) is 12.9. The van der Waals surface area contributed by atoms with Crippen molar-refractivity contribution in [3.63, 3.8) is 0 Å². The molecule has 1 unspecified atom stereocenters. The second-order valence-electron chi connectivity index (χ2n) is 3.37. The van der Waals surface area contributed by atoms with Crippen molar-refractivity contribution in [2.24, 2.45) is 5.73 Å². The van der Waals surface area contributed by atoms with E-state index in [0.717, 1.165) is 6.07 Å². The van der Waals surface area contributed by atoms with E-state index < -0.39 is 23.7 Å². The maximum Gasteiger partial charge on any atom is 0.254 e. The van der Waals surface area contributed by atoms with E-state index in [4.69, 9.17) is 16.6 Å². The van der Waals surface area contributed by atoms with Crippen molar-refractivity contribution in [2.75, 3.05) is 12.3 Å². The topological polar surface area (TPSA) is 118 Å². The van der Waals surface area contributed by atoms with E-state index in [2.05, 4.69) is 5.32 Å². The van der Waals surface area contributed by atoms with E-state index in [1.807, 2.05) is 0 Å². The summed E-state index contributed by atoms with van der Waals surface area (Å²) in [7, 11) is 0. The number of nitrogens with one attached hydrogen (secondary N) is 1. The fourth-order valence-corrected chi connectivity index (χ4v) is 1.10. The van der Waals surface area contributed by atoms with E-state index >= 15 is 0 Å². The van der Waals surface area contributed by atoms with Crippen LogP contribution in [0.5, 0.6) is 0 Å². The number of nitrogen functional groups attached to an aromatic ring is 1. The van der Waals surface area contributed by atoms with Gasteiger partial charge in [0.25, 0.3) is 5.91 Å². The van der Waals surface area contributed by atoms with Crippen LogP contribution >= 0.6 is 0 Å². The van der Waals surface area contributed by atoms with Crippen LogP contribution in [-0.4, -0.2) is 29.6 Å². The van der Waals surface area contributed by atoms with Crippen molar-refractivity contribution in [2.45, 2.75) is 6.10 Å². The molecule has 0 fully saturated rings. The first-order valence-corrected chi connectivity index (χ1v) is 4.72. The molecular formula is C10H12FN3O3. The van der Waals surface area contributed by atoms with Crippen molar-refractivity contribution in [3.8, 4) is 0 Å². The summed E-state index contributed by atoms with van der Waals surface area (Å²) < 4.78 is 13.3. The maximum atomic E-state index is 13.3. The Labute approximate surface area is 96.4 Å². The van der Waals surface area contributed by atoms with Gasteiger partial charge >= 0.3 is 0 Å². The summed E-state index contributed by atoms with van der Waals surface area (Å²) in [5, 5.41) is 11.2. The number of hydrogen-bond acceptors (Lipinski definition) is 4. The zero-order valence-corrected chi connectivity index (χ0v) is 8.81. The van der Waals surface area contributed by atoms with Crippen molar-refractivity contribution in [3.05, 3.63) is 29.6 Å². The van der Waals surface area contributed by atoms with Gasteiger partial charge in [-0.2, -0.15) is 0 Å². The predicted molar refractivity (Wildman–Crippen MR) is 58.3 cm³/mol. The Morgan fingerprint density at radius 3 is 2.65 bits per heavy atom. The summed E-state index contributed by atoms with van der Waals surface area (Å²) in [6.07, 6.45) is -1.50. The molecule has 0 heterocycles. The highest BCUT2D eigenvalue weighted by atomic mass is 19.1. The molecule has 0 spiro atoms. The van der Waals surface area contributed by atoms with E-state index in [9.17, 15) is 14.0 Å². The lowest BCUT2D eigenvalue weighted by molar-refractivity contribution is -0.125. The molecule has 2 amide bonds. The molecule has 0 saturated carbocycles. The van der Waals surface area contributed by atoms with Crippen LogP contribution in [0, 0.1) is 5.82 Å². The number of aliphatic hydroxyl groups is 1. The van der Waals surface area contributed by atoms with Crippen molar-refractivity contribution in [1.29, 1.82) is 0 Å². The van der Waals surface area contributed by atoms with Crippen molar-refractivity contribution >= 4 is 17.5 Å². The van der Waals surface area contributed by atoms with Gasteiger partial charge in [-0.1, -0.05) is 0 Å². The molecule has 0 bridgehead atoms. The van der Waals surface area contributed by atoms with Crippen LogP contribution in [0.25, 0.3) is 0 Å². The first-order valence-electron chi connectivity index (χ1n) is 4.72. The Bertz CT molecular complexity index is 450. The van der Waals surface area contributed by atoms with Gasteiger partial charge in [0.2, 0.25) is 5.91 Å². The number of anilines is 1. The molecule has 6 N–H and O–H groups in total. The lowest BCUT2D eigenvalue weighted by atomic mass is 10.2. The number of aliphatic hydroxyl groups excluding tert-OH is 1. The van der Waals surface area contributed by atoms with Gasteiger partial charge in [-0.05, 0) is 18.2 Å². The molecule has 0 aliphatic carbocycles. The third-order valence-corrected chi connectivity index (χ3v) is 2.02. The molecule has 92 valence electrons. The molecule has 1 atom stereocenters. The van der Waals surface area contributed by atoms with E-state index in [1.165, 1.54) is 12.1 Å². The molecule has 1 rings (SSSR count). The number of amides is 2. The third-order valence-electron chi connectivity index (χ3n) is 2.02. The van der Waals surface area contributed by atoms with Gasteiger partial charge in [0, 0.05) is 5.69 Å². The number of halogens is 1. The molecule has 0 aliphatic rings. The first-order chi connectivity index (χ1) is 7.91. The van der Waals surface area contributed by atoms with Crippen LogP contribution in [-0.2, 0) is 4.79 Å². The lowest BCUT2D eigenvalue weighted by Crippen LogP contribution is -2.40. The monoisotopic (exact) mass is 241 g/mol. The van der Waals surface area contributed by atoms with Crippen LogP contribution < -0.4 is 16.8 Å². The number of rotatable bonds is 4. The van der Waals surface area contributed by atoms with Crippen LogP contribution in [0.15, 0.2) is 18.2 Å². The molecule has 1 aromatic carbocycles. The average molecular weight is 241 g/mol. The fourth-order valence-electron chi connectivity index (χ4n) is 1.10. The third kappa shape index (κ3) is 3.42. The Morgan fingerprint density at radius 2 is 2.12 bits per heavy atom. The number of carbonyl (C=O) groups is 2. The van der Waals surface area contributed by atoms with Crippen LogP contribution in [0.3, 0.4) is 0 Å². The van der Waals surface area contributed by atoms with Crippen LogP contribution in [0.4, 0.5) is 10.1 Å². The van der Waals surface area contributed by atoms with E-state index in [-0.39, 0.29) is 17.8 Å². The highest BCUT2D eigenvalue weighted by molar-refractivity contribution is 5.95. The minimum atomic E-state index is -1.50. The SMILES string of the molecule is NC(=O)C(O)CNC(=O)c1ccc(N)cc1F. The number of carbonyl (C=O) groups excluding carboxylic acids is 2. The van der Waals surface area contributed by atoms with Crippen LogP contribution in [0.1, 0.15) is 10.4 Å². The Kier molecular flexibility index (Phi) is 4.00. The van der Waals surface area contributed by atoms with E-state index in [0.29, 0.717) is 0 Å². The lowest BCUT2D eigenvalue weighted by Gasteiger charge is -2.09. The Balaban J connectivity index is 2.67. The largest absolute Gasteiger partial charge is 0.399 e. The van der Waals surface area contributed by atoms with Gasteiger partial charge in [0.1, 0.15) is 11.9 Å². The minimum absolute atomic E-state index is 0.191. The maximum absolute atomic E-state index is 13.3. The van der Waals surface area contributed by atoms with Gasteiger partial charge in [0.05, 0.1) is 12.1 Å². The molecule has 0 radical (unpaired) electrons. The van der Waals surface area contributed by atoms with Gasteiger partial charge in [-0.15, -0.1) is 0 Å². The number of nitrogens with two attached hydrogens (primary N) is 2. The Hall–Kier alpha value is -2.15. The molecule has 0 aliphatic heterocycles. The molecule has 1 aromatic rings. The highest BCUT2D eigenvalue weighted by Crippen LogP contribution is 2.11. The second kappa shape index (κ2) is 5.26. The Morgan fingerprint density at radius 1 is 1.47 bits per heavy atom. The van der Waals surface area contributed by atoms with Crippen molar-refractivity contribution in [1.82, 2.24) is 5.32 Å². The fraction of sp³-hybridized carbons (Fsp3) is 0.200. The van der Waals surface area contributed by atoms with Crippen LogP contribution in [0.2, 0.25) is 0 Å². The quantitative estimate of drug-likeness (QED) is 0.505. The summed E-state index contributed by atoms with van der Waals surface area (Å²) in [4.78, 5) is 21.9. The molecular weight excluding hydrogens is 229 g/mol. The summed E-state index contributed by atoms with van der Waals surface area (Å²) in [5.74, 6) is -2.51. The number of hydrogen-bond donors (Lipinski definition) is 4. The molecule has 0 aromatic heterocycles. The highest BCUT2D eigenvalue weighted by Gasteiger charge is 2.15. The molecule has 7 heteroatoms. The van der Waals surface area contributed by atoms with E-state index in [1.54, 1.807) is 0 Å². The number of primary amides is 1. The normalized spacial score (nSPS) is 11.9. The van der Waals surface area contributed by atoms with Gasteiger partial charge < -0.3 is 21.9 Å². The second-order valence-corrected chi connectivity index (χ2v) is 3.37. The number of benzene rings is 1. The zero-order chi connectivity index (χ0) is 13.0. The summed E-state index contributed by atoms with van der Waals surface area (Å²) in [6.45, 7) is -0.377. The van der Waals surface area contributed by atoms with Crippen molar-refractivity contribution < 1.29 is 19.1 Å². The average Bonchev–Trinajstić information content (AvgIpc) is 2.25. The zero-order valence-electron chi connectivity index (χ0n) is 8.81. The standard InChI is InChI=1S/C10H12FN3O3/c11-7-3-5(12)1-2-6(7)10(17)14-4-8(15)9(13)16/h1-3,8,15H,4,12H2,(H2,13,16)(H,14,17). The summed E-state index contributed by atoms with van der Waals surface area (Å²) in [5.41, 5.74) is 10.1. The van der Waals surface area contributed by atoms with Gasteiger partial charge in [0.15, 0.2) is 0 Å².